The molecule has 1 aliphatic carbocycles. The average molecular weight is 212 g/mol. The van der Waals surface area contributed by atoms with Crippen molar-refractivity contribution in [3.8, 4) is 0 Å². The quantitative estimate of drug-likeness (QED) is 0.285. The molecular weight excluding hydrogens is 188 g/mol. The van der Waals surface area contributed by atoms with Gasteiger partial charge in [0.1, 0.15) is 0 Å². The van der Waals surface area contributed by atoms with Crippen molar-refractivity contribution in [3.63, 3.8) is 0 Å². The lowest BCUT2D eigenvalue weighted by Gasteiger charge is -2.21. The first-order chi connectivity index (χ1) is 7.19. The van der Waals surface area contributed by atoms with Gasteiger partial charge in [0.15, 0.2) is 0 Å². The van der Waals surface area contributed by atoms with E-state index < -0.39 is 0 Å². The zero-order valence-electron chi connectivity index (χ0n) is 10.1. The topological polar surface area (TPSA) is 62.4 Å². The minimum absolute atomic E-state index is 0.520. The third-order valence-corrected chi connectivity index (χ3v) is 3.42. The molecule has 3 atom stereocenters. The third-order valence-electron chi connectivity index (χ3n) is 3.42. The summed E-state index contributed by atoms with van der Waals surface area (Å²) in [5.74, 6) is 7.67. The van der Waals surface area contributed by atoms with Gasteiger partial charge in [-0.15, -0.1) is 0 Å². The fourth-order valence-electron chi connectivity index (χ4n) is 2.10. The summed E-state index contributed by atoms with van der Waals surface area (Å²) in [6.07, 6.45) is 3.56. The molecule has 0 aromatic rings. The predicted molar refractivity (Wildman–Crippen MR) is 64.4 cm³/mol. The van der Waals surface area contributed by atoms with Gasteiger partial charge in [-0.2, -0.15) is 0 Å². The van der Waals surface area contributed by atoms with E-state index in [2.05, 4.69) is 36.5 Å². The van der Waals surface area contributed by atoms with Crippen LogP contribution in [0.4, 0.5) is 0 Å². The molecule has 1 aliphatic rings. The molecule has 4 nitrogen and oxygen atoms in total. The Kier molecular flexibility index (Phi) is 4.88. The maximum Gasteiger partial charge on any atom is 0.205 e. The van der Waals surface area contributed by atoms with Crippen molar-refractivity contribution in [2.45, 2.75) is 46.1 Å². The van der Waals surface area contributed by atoms with Crippen molar-refractivity contribution in [3.05, 3.63) is 0 Å². The smallest absolute Gasteiger partial charge is 0.205 e. The molecule has 1 fully saturated rings. The maximum atomic E-state index is 5.43. The van der Waals surface area contributed by atoms with Crippen LogP contribution in [0.2, 0.25) is 0 Å². The summed E-state index contributed by atoms with van der Waals surface area (Å²) < 4.78 is 0. The second kappa shape index (κ2) is 5.95. The second-order valence-electron chi connectivity index (χ2n) is 4.54. The number of nitrogens with one attached hydrogen (secondary N) is 2. The van der Waals surface area contributed by atoms with Gasteiger partial charge in [0.05, 0.1) is 0 Å². The molecule has 0 aromatic heterocycles. The fourth-order valence-corrected chi connectivity index (χ4v) is 2.10. The normalized spacial score (nSPS) is 31.7. The van der Waals surface area contributed by atoms with Crippen LogP contribution in [-0.2, 0) is 0 Å². The fraction of sp³-hybridized carbons (Fsp3) is 0.909. The van der Waals surface area contributed by atoms with Crippen LogP contribution in [0.5, 0.6) is 0 Å². The van der Waals surface area contributed by atoms with Crippen molar-refractivity contribution >= 4 is 5.96 Å². The Morgan fingerprint density at radius 3 is 2.60 bits per heavy atom. The molecule has 0 amide bonds. The molecule has 0 heterocycles. The summed E-state index contributed by atoms with van der Waals surface area (Å²) in [4.78, 5) is 4.35. The standard InChI is InChI=1S/C11H24N4/c1-4-7-13-11(15-12)14-10-6-5-8(2)9(10)3/h8-10H,4-7,12H2,1-3H3,(H2,13,14,15). The minimum Gasteiger partial charge on any atom is -0.352 e. The predicted octanol–water partition coefficient (Wildman–Crippen LogP) is 1.24. The van der Waals surface area contributed by atoms with Gasteiger partial charge in [-0.3, -0.25) is 10.4 Å². The van der Waals surface area contributed by atoms with Gasteiger partial charge in [0.25, 0.3) is 0 Å². The second-order valence-corrected chi connectivity index (χ2v) is 4.54. The van der Waals surface area contributed by atoms with E-state index in [0.29, 0.717) is 12.0 Å². The van der Waals surface area contributed by atoms with E-state index in [1.807, 2.05) is 0 Å². The largest absolute Gasteiger partial charge is 0.352 e. The Labute approximate surface area is 92.7 Å². The molecule has 88 valence electrons. The van der Waals surface area contributed by atoms with E-state index in [4.69, 9.17) is 5.84 Å². The molecule has 0 aromatic carbocycles. The Morgan fingerprint density at radius 1 is 1.40 bits per heavy atom. The van der Waals surface area contributed by atoms with Gasteiger partial charge in [-0.25, -0.2) is 5.84 Å². The first-order valence-corrected chi connectivity index (χ1v) is 5.96. The summed E-state index contributed by atoms with van der Waals surface area (Å²) >= 11 is 0. The van der Waals surface area contributed by atoms with Crippen molar-refractivity contribution in [2.75, 3.05) is 6.54 Å². The lowest BCUT2D eigenvalue weighted by Crippen LogP contribution is -2.47. The average Bonchev–Trinajstić information content (AvgIpc) is 2.55. The molecular formula is C11H24N4. The highest BCUT2D eigenvalue weighted by Gasteiger charge is 2.29. The summed E-state index contributed by atoms with van der Waals surface area (Å²) in [6, 6.07) is 0.520. The van der Waals surface area contributed by atoms with Crippen LogP contribution < -0.4 is 16.6 Å². The molecule has 1 rings (SSSR count). The van der Waals surface area contributed by atoms with E-state index in [1.165, 1.54) is 12.8 Å². The molecule has 1 saturated carbocycles. The molecule has 4 heteroatoms. The Hall–Kier alpha value is -0.770. The van der Waals surface area contributed by atoms with Gasteiger partial charge in [0.2, 0.25) is 5.96 Å². The number of rotatable bonds is 3. The van der Waals surface area contributed by atoms with E-state index in [0.717, 1.165) is 24.8 Å². The van der Waals surface area contributed by atoms with Crippen LogP contribution in [0.3, 0.4) is 0 Å². The van der Waals surface area contributed by atoms with Crippen LogP contribution in [0, 0.1) is 11.8 Å². The van der Waals surface area contributed by atoms with Gasteiger partial charge in [0, 0.05) is 12.6 Å². The van der Waals surface area contributed by atoms with Crippen LogP contribution >= 0.6 is 0 Å². The molecule has 15 heavy (non-hydrogen) atoms. The van der Waals surface area contributed by atoms with Crippen LogP contribution in [0.1, 0.15) is 40.0 Å². The number of hydrazine groups is 1. The molecule has 0 saturated heterocycles. The number of hydrogen-bond donors (Lipinski definition) is 3. The third kappa shape index (κ3) is 3.38. The monoisotopic (exact) mass is 212 g/mol. The van der Waals surface area contributed by atoms with Crippen LogP contribution in [0.15, 0.2) is 4.99 Å². The van der Waals surface area contributed by atoms with E-state index in [9.17, 15) is 0 Å². The zero-order valence-corrected chi connectivity index (χ0v) is 10.1. The maximum absolute atomic E-state index is 5.43. The van der Waals surface area contributed by atoms with Crippen molar-refractivity contribution in [2.24, 2.45) is 22.7 Å². The number of guanidine groups is 1. The van der Waals surface area contributed by atoms with Crippen molar-refractivity contribution in [1.82, 2.24) is 10.7 Å². The highest BCUT2D eigenvalue weighted by atomic mass is 15.3. The SMILES string of the molecule is CCCN=C(NN)NC1CCC(C)C1C. The molecule has 0 bridgehead atoms. The van der Waals surface area contributed by atoms with Gasteiger partial charge >= 0.3 is 0 Å². The Bertz CT molecular complexity index is 215. The first kappa shape index (κ1) is 12.3. The molecule has 0 spiro atoms. The number of nitrogens with two attached hydrogens (primary N) is 1. The lowest BCUT2D eigenvalue weighted by molar-refractivity contribution is 0.400. The lowest BCUT2D eigenvalue weighted by atomic mass is 9.98. The zero-order chi connectivity index (χ0) is 11.3. The van der Waals surface area contributed by atoms with Gasteiger partial charge in [-0.1, -0.05) is 20.8 Å². The van der Waals surface area contributed by atoms with Crippen molar-refractivity contribution < 1.29 is 0 Å². The van der Waals surface area contributed by atoms with E-state index >= 15 is 0 Å². The van der Waals surface area contributed by atoms with E-state index in [1.54, 1.807) is 0 Å². The Morgan fingerprint density at radius 2 is 2.13 bits per heavy atom. The van der Waals surface area contributed by atoms with E-state index in [-0.39, 0.29) is 0 Å². The summed E-state index contributed by atoms with van der Waals surface area (Å²) in [5, 5.41) is 3.39. The highest BCUT2D eigenvalue weighted by Crippen LogP contribution is 2.30. The van der Waals surface area contributed by atoms with Crippen LogP contribution in [0.25, 0.3) is 0 Å². The molecule has 4 N–H and O–H groups in total. The highest BCUT2D eigenvalue weighted by molar-refractivity contribution is 5.79. The van der Waals surface area contributed by atoms with Crippen LogP contribution in [-0.4, -0.2) is 18.5 Å². The van der Waals surface area contributed by atoms with Gasteiger partial charge < -0.3 is 5.32 Å². The Balaban J connectivity index is 2.45. The molecule has 3 unspecified atom stereocenters. The summed E-state index contributed by atoms with van der Waals surface area (Å²) in [7, 11) is 0. The summed E-state index contributed by atoms with van der Waals surface area (Å²) in [6.45, 7) is 7.54. The number of nitrogens with zero attached hydrogens (tertiary/aromatic N) is 1. The summed E-state index contributed by atoms with van der Waals surface area (Å²) in [5.41, 5.74) is 2.64. The number of hydrogen-bond acceptors (Lipinski definition) is 2. The first-order valence-electron chi connectivity index (χ1n) is 5.96. The number of aliphatic imine (C=N–C) groups is 1. The molecule has 0 aliphatic heterocycles. The van der Waals surface area contributed by atoms with Gasteiger partial charge in [-0.05, 0) is 31.1 Å². The minimum atomic E-state index is 0.520. The molecule has 0 radical (unpaired) electrons. The van der Waals surface area contributed by atoms with Crippen molar-refractivity contribution in [1.29, 1.82) is 0 Å².